The highest BCUT2D eigenvalue weighted by Gasteiger charge is 2.20. The summed E-state index contributed by atoms with van der Waals surface area (Å²) in [7, 11) is 1.58. The molecular weight excluding hydrogens is 456 g/mol. The number of rotatable bonds is 7. The summed E-state index contributed by atoms with van der Waals surface area (Å²) in [5.41, 5.74) is 4.48. The van der Waals surface area contributed by atoms with Crippen LogP contribution in [0.4, 0.5) is 11.4 Å². The molecule has 0 aromatic heterocycles. The fraction of sp³-hybridized carbons (Fsp3) is 0.138. The number of hydrogen-bond donors (Lipinski definition) is 2. The number of benzene rings is 4. The summed E-state index contributed by atoms with van der Waals surface area (Å²) in [5.74, 6) is -0.586. The van der Waals surface area contributed by atoms with E-state index in [1.54, 1.807) is 61.7 Å². The maximum atomic E-state index is 12.7. The number of nitrogens with one attached hydrogen (secondary N) is 2. The lowest BCUT2D eigenvalue weighted by atomic mass is 10.00. The number of ether oxygens (including phenoxy) is 2. The molecule has 1 aliphatic carbocycles. The molecule has 1 aliphatic rings. The predicted molar refractivity (Wildman–Crippen MR) is 138 cm³/mol. The van der Waals surface area contributed by atoms with Crippen molar-refractivity contribution in [2.24, 2.45) is 0 Å². The molecule has 0 unspecified atom stereocenters. The molecule has 0 fully saturated rings. The van der Waals surface area contributed by atoms with Gasteiger partial charge in [-0.15, -0.1) is 0 Å². The van der Waals surface area contributed by atoms with E-state index in [-0.39, 0.29) is 5.91 Å². The molecule has 4 aromatic rings. The first-order chi connectivity index (χ1) is 17.5. The maximum absolute atomic E-state index is 12.7. The summed E-state index contributed by atoms with van der Waals surface area (Å²) >= 11 is 0. The molecule has 2 N–H and O–H groups in total. The van der Waals surface area contributed by atoms with Gasteiger partial charge in [0.15, 0.2) is 6.61 Å². The van der Waals surface area contributed by atoms with Crippen molar-refractivity contribution in [2.75, 3.05) is 24.4 Å². The SMILES string of the molecule is COc1ccc(NC(=O)c2ccc(NC(=O)COC(=O)c3ccc4c5c(cccc35)CC4)cc2)cc1. The molecule has 0 heterocycles. The lowest BCUT2D eigenvalue weighted by molar-refractivity contribution is -0.119. The number of amides is 2. The van der Waals surface area contributed by atoms with E-state index >= 15 is 0 Å². The Bertz CT molecular complexity index is 1450. The molecule has 0 spiro atoms. The van der Waals surface area contributed by atoms with Gasteiger partial charge in [0.1, 0.15) is 5.75 Å². The van der Waals surface area contributed by atoms with E-state index in [9.17, 15) is 14.4 Å². The van der Waals surface area contributed by atoms with Gasteiger partial charge in [0.05, 0.1) is 12.7 Å². The summed E-state index contributed by atoms with van der Waals surface area (Å²) in [6.45, 7) is -0.415. The Hall–Kier alpha value is -4.65. The molecule has 5 rings (SSSR count). The first-order valence-electron chi connectivity index (χ1n) is 11.6. The topological polar surface area (TPSA) is 93.7 Å². The molecule has 0 saturated heterocycles. The van der Waals surface area contributed by atoms with Gasteiger partial charge in [0, 0.05) is 16.9 Å². The van der Waals surface area contributed by atoms with Crippen LogP contribution in [0.5, 0.6) is 5.75 Å². The average molecular weight is 481 g/mol. The van der Waals surface area contributed by atoms with Crippen molar-refractivity contribution in [1.82, 2.24) is 0 Å². The monoisotopic (exact) mass is 480 g/mol. The number of hydrogen-bond acceptors (Lipinski definition) is 5. The quantitative estimate of drug-likeness (QED) is 0.363. The molecular formula is C29H24N2O5. The van der Waals surface area contributed by atoms with Gasteiger partial charge in [-0.05, 0) is 89.3 Å². The van der Waals surface area contributed by atoms with E-state index < -0.39 is 18.5 Å². The minimum atomic E-state index is -0.536. The van der Waals surface area contributed by atoms with E-state index in [1.807, 2.05) is 18.2 Å². The zero-order valence-electron chi connectivity index (χ0n) is 19.7. The van der Waals surface area contributed by atoms with Gasteiger partial charge in [-0.1, -0.05) is 24.3 Å². The molecule has 4 aromatic carbocycles. The van der Waals surface area contributed by atoms with Crippen LogP contribution in [-0.4, -0.2) is 31.5 Å². The summed E-state index contributed by atoms with van der Waals surface area (Å²) in [4.78, 5) is 37.5. The number of anilines is 2. The van der Waals surface area contributed by atoms with Crippen LogP contribution in [0.15, 0.2) is 78.9 Å². The summed E-state index contributed by atoms with van der Waals surface area (Å²) in [6.07, 6.45) is 1.94. The smallest absolute Gasteiger partial charge is 0.339 e. The fourth-order valence-corrected chi connectivity index (χ4v) is 4.41. The number of esters is 1. The average Bonchev–Trinajstić information content (AvgIpc) is 3.33. The lowest BCUT2D eigenvalue weighted by Gasteiger charge is -2.10. The Morgan fingerprint density at radius 1 is 0.778 bits per heavy atom. The Balaban J connectivity index is 1.16. The van der Waals surface area contributed by atoms with Crippen molar-refractivity contribution in [1.29, 1.82) is 0 Å². The van der Waals surface area contributed by atoms with Crippen molar-refractivity contribution >= 4 is 39.9 Å². The number of carbonyl (C=O) groups is 3. The zero-order valence-corrected chi connectivity index (χ0v) is 19.7. The van der Waals surface area contributed by atoms with Crippen LogP contribution in [-0.2, 0) is 22.4 Å². The van der Waals surface area contributed by atoms with E-state index in [2.05, 4.69) is 16.7 Å². The van der Waals surface area contributed by atoms with Crippen molar-refractivity contribution in [3.63, 3.8) is 0 Å². The van der Waals surface area contributed by atoms with Crippen LogP contribution >= 0.6 is 0 Å². The zero-order chi connectivity index (χ0) is 25.1. The van der Waals surface area contributed by atoms with E-state index in [4.69, 9.17) is 9.47 Å². The van der Waals surface area contributed by atoms with E-state index in [0.29, 0.717) is 28.3 Å². The molecule has 7 nitrogen and oxygen atoms in total. The van der Waals surface area contributed by atoms with Crippen molar-refractivity contribution in [3.05, 3.63) is 101 Å². The van der Waals surface area contributed by atoms with Gasteiger partial charge < -0.3 is 20.1 Å². The first-order valence-corrected chi connectivity index (χ1v) is 11.6. The van der Waals surface area contributed by atoms with E-state index in [0.717, 1.165) is 23.6 Å². The molecule has 36 heavy (non-hydrogen) atoms. The normalized spacial score (nSPS) is 11.7. The molecule has 180 valence electrons. The van der Waals surface area contributed by atoms with Gasteiger partial charge in [0.25, 0.3) is 11.8 Å². The highest BCUT2D eigenvalue weighted by atomic mass is 16.5. The standard InChI is InChI=1S/C29H24N2O5/c1-35-23-14-12-22(13-15-23)31-28(33)20-7-10-21(11-8-20)30-26(32)17-36-29(34)25-16-9-19-6-5-18-3-2-4-24(25)27(18)19/h2-4,7-16H,5-6,17H2,1H3,(H,30,32)(H,31,33). The number of carbonyl (C=O) groups excluding carboxylic acids is 3. The molecule has 0 saturated carbocycles. The van der Waals surface area contributed by atoms with Gasteiger partial charge in [-0.2, -0.15) is 0 Å². The number of methoxy groups -OCH3 is 1. The van der Waals surface area contributed by atoms with Crippen LogP contribution in [0, 0.1) is 0 Å². The minimum absolute atomic E-state index is 0.280. The highest BCUT2D eigenvalue weighted by Crippen LogP contribution is 2.33. The van der Waals surface area contributed by atoms with Gasteiger partial charge in [-0.25, -0.2) is 4.79 Å². The second-order valence-electron chi connectivity index (χ2n) is 8.50. The first kappa shape index (κ1) is 23.1. The van der Waals surface area contributed by atoms with Gasteiger partial charge >= 0.3 is 5.97 Å². The second kappa shape index (κ2) is 9.92. The van der Waals surface area contributed by atoms with Crippen LogP contribution in [0.25, 0.3) is 10.8 Å². The van der Waals surface area contributed by atoms with Gasteiger partial charge in [-0.3, -0.25) is 9.59 Å². The van der Waals surface area contributed by atoms with Gasteiger partial charge in [0.2, 0.25) is 0 Å². The lowest BCUT2D eigenvalue weighted by Crippen LogP contribution is -2.21. The largest absolute Gasteiger partial charge is 0.497 e. The minimum Gasteiger partial charge on any atom is -0.497 e. The fourth-order valence-electron chi connectivity index (χ4n) is 4.41. The van der Waals surface area contributed by atoms with Crippen molar-refractivity contribution in [2.45, 2.75) is 12.8 Å². The molecule has 0 radical (unpaired) electrons. The number of aryl methyl sites for hydroxylation is 2. The van der Waals surface area contributed by atoms with Crippen LogP contribution in [0.3, 0.4) is 0 Å². The molecule has 2 amide bonds. The molecule has 7 heteroatoms. The molecule has 0 atom stereocenters. The maximum Gasteiger partial charge on any atom is 0.339 e. The second-order valence-corrected chi connectivity index (χ2v) is 8.50. The van der Waals surface area contributed by atoms with Crippen molar-refractivity contribution in [3.8, 4) is 5.75 Å². The Labute approximate surface area is 208 Å². The Kier molecular flexibility index (Phi) is 6.36. The van der Waals surface area contributed by atoms with E-state index in [1.165, 1.54) is 11.1 Å². The summed E-state index contributed by atoms with van der Waals surface area (Å²) in [5, 5.41) is 7.46. The molecule has 0 aliphatic heterocycles. The summed E-state index contributed by atoms with van der Waals surface area (Å²) < 4.78 is 10.4. The van der Waals surface area contributed by atoms with Crippen LogP contribution in [0.1, 0.15) is 31.8 Å². The van der Waals surface area contributed by atoms with Crippen LogP contribution in [0.2, 0.25) is 0 Å². The molecule has 0 bridgehead atoms. The third kappa shape index (κ3) is 4.77. The Morgan fingerprint density at radius 2 is 1.44 bits per heavy atom. The summed E-state index contributed by atoms with van der Waals surface area (Å²) in [6, 6.07) is 23.1. The third-order valence-corrected chi connectivity index (χ3v) is 6.21. The third-order valence-electron chi connectivity index (χ3n) is 6.21. The van der Waals surface area contributed by atoms with Crippen molar-refractivity contribution < 1.29 is 23.9 Å². The predicted octanol–water partition coefficient (Wildman–Crippen LogP) is 4.99. The van der Waals surface area contributed by atoms with Crippen LogP contribution < -0.4 is 15.4 Å². The Morgan fingerprint density at radius 3 is 2.17 bits per heavy atom. The highest BCUT2D eigenvalue weighted by molar-refractivity contribution is 6.08.